The maximum absolute atomic E-state index is 8.60. The van der Waals surface area contributed by atoms with E-state index in [1.807, 2.05) is 12.1 Å². The smallest absolute Gasteiger partial charge is 0.0698 e. The van der Waals surface area contributed by atoms with Crippen molar-refractivity contribution in [2.24, 2.45) is 0 Å². The van der Waals surface area contributed by atoms with E-state index in [1.54, 1.807) is 0 Å². The Hall–Kier alpha value is -1.26. The fourth-order valence-electron chi connectivity index (χ4n) is 2.04. The first kappa shape index (κ1) is 11.2. The SMILES string of the molecule is Nc1ccc2c(c1)N(CCOCCO)CC2. The maximum Gasteiger partial charge on any atom is 0.0698 e. The van der Waals surface area contributed by atoms with Crippen LogP contribution in [0, 0.1) is 0 Å². The highest BCUT2D eigenvalue weighted by molar-refractivity contribution is 5.64. The van der Waals surface area contributed by atoms with Crippen LogP contribution in [-0.4, -0.2) is 38.0 Å². The average Bonchev–Trinajstić information content (AvgIpc) is 2.67. The Morgan fingerprint density at radius 2 is 2.25 bits per heavy atom. The van der Waals surface area contributed by atoms with Crippen molar-refractivity contribution >= 4 is 11.4 Å². The van der Waals surface area contributed by atoms with Crippen LogP contribution in [0.2, 0.25) is 0 Å². The molecule has 0 bridgehead atoms. The Morgan fingerprint density at radius 1 is 1.38 bits per heavy atom. The summed E-state index contributed by atoms with van der Waals surface area (Å²) in [5, 5.41) is 8.60. The molecule has 3 N–H and O–H groups in total. The predicted octanol–water partition coefficient (Wildman–Crippen LogP) is 0.640. The molecule has 1 aliphatic rings. The number of aliphatic hydroxyl groups is 1. The van der Waals surface area contributed by atoms with Crippen molar-refractivity contribution in [1.82, 2.24) is 0 Å². The number of hydrogen-bond acceptors (Lipinski definition) is 4. The molecule has 2 rings (SSSR count). The Kier molecular flexibility index (Phi) is 3.64. The summed E-state index contributed by atoms with van der Waals surface area (Å²) in [6, 6.07) is 6.07. The Morgan fingerprint density at radius 3 is 3.06 bits per heavy atom. The minimum Gasteiger partial charge on any atom is -0.399 e. The van der Waals surface area contributed by atoms with Gasteiger partial charge in [0.1, 0.15) is 0 Å². The van der Waals surface area contributed by atoms with Crippen LogP contribution < -0.4 is 10.6 Å². The lowest BCUT2D eigenvalue weighted by molar-refractivity contribution is 0.0968. The van der Waals surface area contributed by atoms with Gasteiger partial charge in [0.25, 0.3) is 0 Å². The van der Waals surface area contributed by atoms with Crippen molar-refractivity contribution in [2.75, 3.05) is 43.5 Å². The van der Waals surface area contributed by atoms with E-state index in [0.717, 1.165) is 25.2 Å². The van der Waals surface area contributed by atoms with Crippen molar-refractivity contribution in [3.05, 3.63) is 23.8 Å². The highest BCUT2D eigenvalue weighted by Gasteiger charge is 2.18. The molecule has 1 aromatic rings. The first-order valence-electron chi connectivity index (χ1n) is 5.63. The van der Waals surface area contributed by atoms with Gasteiger partial charge in [-0.2, -0.15) is 0 Å². The fourth-order valence-corrected chi connectivity index (χ4v) is 2.04. The molecule has 16 heavy (non-hydrogen) atoms. The molecule has 0 aliphatic carbocycles. The molecule has 1 aromatic carbocycles. The first-order chi connectivity index (χ1) is 7.81. The molecular formula is C12H18N2O2. The van der Waals surface area contributed by atoms with Gasteiger partial charge >= 0.3 is 0 Å². The quantitative estimate of drug-likeness (QED) is 0.567. The van der Waals surface area contributed by atoms with Crippen LogP contribution in [0.4, 0.5) is 11.4 Å². The number of nitrogen functional groups attached to an aromatic ring is 1. The van der Waals surface area contributed by atoms with E-state index in [9.17, 15) is 0 Å². The summed E-state index contributed by atoms with van der Waals surface area (Å²) < 4.78 is 5.27. The lowest BCUT2D eigenvalue weighted by atomic mass is 10.1. The third kappa shape index (κ3) is 2.46. The van der Waals surface area contributed by atoms with E-state index in [1.165, 1.54) is 11.3 Å². The van der Waals surface area contributed by atoms with Gasteiger partial charge in [0.15, 0.2) is 0 Å². The van der Waals surface area contributed by atoms with Gasteiger partial charge < -0.3 is 20.5 Å². The summed E-state index contributed by atoms with van der Waals surface area (Å²) in [4.78, 5) is 2.28. The highest BCUT2D eigenvalue weighted by atomic mass is 16.5. The van der Waals surface area contributed by atoms with Crippen LogP contribution >= 0.6 is 0 Å². The number of aliphatic hydroxyl groups excluding tert-OH is 1. The minimum absolute atomic E-state index is 0.0868. The van der Waals surface area contributed by atoms with Crippen molar-refractivity contribution < 1.29 is 9.84 Å². The van der Waals surface area contributed by atoms with Crippen molar-refractivity contribution in [3.63, 3.8) is 0 Å². The molecule has 4 heteroatoms. The highest BCUT2D eigenvalue weighted by Crippen LogP contribution is 2.29. The summed E-state index contributed by atoms with van der Waals surface area (Å²) in [7, 11) is 0. The van der Waals surface area contributed by atoms with Crippen LogP contribution in [-0.2, 0) is 11.2 Å². The van der Waals surface area contributed by atoms with Gasteiger partial charge in [0.2, 0.25) is 0 Å². The minimum atomic E-state index is 0.0868. The topological polar surface area (TPSA) is 58.7 Å². The zero-order valence-electron chi connectivity index (χ0n) is 9.35. The molecule has 88 valence electrons. The predicted molar refractivity (Wildman–Crippen MR) is 64.7 cm³/mol. The zero-order chi connectivity index (χ0) is 11.4. The van der Waals surface area contributed by atoms with Crippen LogP contribution in [0.3, 0.4) is 0 Å². The molecule has 0 aromatic heterocycles. The average molecular weight is 222 g/mol. The summed E-state index contributed by atoms with van der Waals surface area (Å²) in [6.07, 6.45) is 1.08. The summed E-state index contributed by atoms with van der Waals surface area (Å²) >= 11 is 0. The molecule has 1 aliphatic heterocycles. The number of benzene rings is 1. The third-order valence-electron chi connectivity index (χ3n) is 2.84. The number of ether oxygens (including phenoxy) is 1. The number of fused-ring (bicyclic) bond motifs is 1. The molecule has 0 fully saturated rings. The normalized spacial score (nSPS) is 14.2. The van der Waals surface area contributed by atoms with Gasteiger partial charge in [-0.05, 0) is 24.1 Å². The molecule has 0 radical (unpaired) electrons. The molecular weight excluding hydrogens is 204 g/mol. The van der Waals surface area contributed by atoms with Gasteiger partial charge in [0, 0.05) is 24.5 Å². The van der Waals surface area contributed by atoms with Gasteiger partial charge in [-0.1, -0.05) is 6.07 Å². The van der Waals surface area contributed by atoms with Crippen LogP contribution in [0.15, 0.2) is 18.2 Å². The van der Waals surface area contributed by atoms with E-state index >= 15 is 0 Å². The number of rotatable bonds is 5. The molecule has 0 spiro atoms. The summed E-state index contributed by atoms with van der Waals surface area (Å²) in [5.41, 5.74) is 9.17. The Bertz CT molecular complexity index is 355. The van der Waals surface area contributed by atoms with E-state index < -0.39 is 0 Å². The standard InChI is InChI=1S/C12H18N2O2/c13-11-2-1-10-3-4-14(12(10)9-11)5-7-16-8-6-15/h1-2,9,15H,3-8,13H2. The van der Waals surface area contributed by atoms with Gasteiger partial charge in [0.05, 0.1) is 19.8 Å². The molecule has 0 amide bonds. The summed E-state index contributed by atoms with van der Waals surface area (Å²) in [5.74, 6) is 0. The lowest BCUT2D eigenvalue weighted by Gasteiger charge is -2.19. The van der Waals surface area contributed by atoms with Gasteiger partial charge in [-0.3, -0.25) is 0 Å². The first-order valence-corrected chi connectivity index (χ1v) is 5.63. The molecule has 0 unspecified atom stereocenters. The Balaban J connectivity index is 1.92. The number of hydrogen-bond donors (Lipinski definition) is 2. The number of anilines is 2. The largest absolute Gasteiger partial charge is 0.399 e. The van der Waals surface area contributed by atoms with E-state index in [-0.39, 0.29) is 6.61 Å². The molecule has 4 nitrogen and oxygen atoms in total. The van der Waals surface area contributed by atoms with Crippen LogP contribution in [0.5, 0.6) is 0 Å². The van der Waals surface area contributed by atoms with Crippen molar-refractivity contribution in [3.8, 4) is 0 Å². The maximum atomic E-state index is 8.60. The van der Waals surface area contributed by atoms with Gasteiger partial charge in [-0.25, -0.2) is 0 Å². The van der Waals surface area contributed by atoms with Crippen LogP contribution in [0.1, 0.15) is 5.56 Å². The second-order valence-electron chi connectivity index (χ2n) is 3.96. The monoisotopic (exact) mass is 222 g/mol. The summed E-state index contributed by atoms with van der Waals surface area (Å²) in [6.45, 7) is 3.04. The van der Waals surface area contributed by atoms with Crippen LogP contribution in [0.25, 0.3) is 0 Å². The molecule has 1 heterocycles. The zero-order valence-corrected chi connectivity index (χ0v) is 9.35. The van der Waals surface area contributed by atoms with E-state index in [0.29, 0.717) is 13.2 Å². The molecule has 0 saturated carbocycles. The van der Waals surface area contributed by atoms with E-state index in [4.69, 9.17) is 15.6 Å². The number of nitrogens with zero attached hydrogens (tertiary/aromatic N) is 1. The fraction of sp³-hybridized carbons (Fsp3) is 0.500. The van der Waals surface area contributed by atoms with Gasteiger partial charge in [-0.15, -0.1) is 0 Å². The van der Waals surface area contributed by atoms with Crippen molar-refractivity contribution in [2.45, 2.75) is 6.42 Å². The van der Waals surface area contributed by atoms with Crippen molar-refractivity contribution in [1.29, 1.82) is 0 Å². The molecule has 0 saturated heterocycles. The second-order valence-corrected chi connectivity index (χ2v) is 3.96. The molecule has 0 atom stereocenters. The van der Waals surface area contributed by atoms with E-state index in [2.05, 4.69) is 11.0 Å². The Labute approximate surface area is 95.6 Å². The second kappa shape index (κ2) is 5.18. The lowest BCUT2D eigenvalue weighted by Crippen LogP contribution is -2.25. The number of nitrogens with two attached hydrogens (primary N) is 1. The third-order valence-corrected chi connectivity index (χ3v) is 2.84.